The van der Waals surface area contributed by atoms with Gasteiger partial charge in [0.2, 0.25) is 6.10 Å². The molecule has 1 atom stereocenters. The van der Waals surface area contributed by atoms with Crippen LogP contribution in [0.1, 0.15) is 25.7 Å². The molecule has 1 aliphatic rings. The van der Waals surface area contributed by atoms with Gasteiger partial charge in [-0.2, -0.15) is 0 Å². The van der Waals surface area contributed by atoms with Gasteiger partial charge in [-0.3, -0.25) is 4.79 Å². The lowest BCUT2D eigenvalue weighted by molar-refractivity contribution is -0.130. The average Bonchev–Trinajstić information content (AvgIpc) is 2.50. The van der Waals surface area contributed by atoms with Gasteiger partial charge in [0.05, 0.1) is 0 Å². The number of carbonyl (C=O) groups is 1. The molecule has 1 aromatic carbocycles. The molecule has 0 aromatic heterocycles. The fourth-order valence-electron chi connectivity index (χ4n) is 2.06. The summed E-state index contributed by atoms with van der Waals surface area (Å²) < 4.78 is 11.1. The number of nitrogens with one attached hydrogen (secondary N) is 1. The van der Waals surface area contributed by atoms with E-state index in [4.69, 9.17) is 14.6 Å². The summed E-state index contributed by atoms with van der Waals surface area (Å²) in [6, 6.07) is 7.34. The normalized spacial score (nSPS) is 16.8. The van der Waals surface area contributed by atoms with E-state index < -0.39 is 6.10 Å². The molecular formula is C15H21NO4. The van der Waals surface area contributed by atoms with Crippen LogP contribution in [-0.2, 0) is 4.79 Å². The van der Waals surface area contributed by atoms with Gasteiger partial charge in [-0.25, -0.2) is 0 Å². The van der Waals surface area contributed by atoms with Crippen molar-refractivity contribution in [2.24, 2.45) is 0 Å². The van der Waals surface area contributed by atoms with Gasteiger partial charge >= 0.3 is 0 Å². The molecule has 0 radical (unpaired) electrons. The van der Waals surface area contributed by atoms with Gasteiger partial charge in [0.25, 0.3) is 5.91 Å². The Morgan fingerprint density at radius 1 is 1.20 bits per heavy atom. The molecule has 0 saturated carbocycles. The van der Waals surface area contributed by atoms with Crippen LogP contribution >= 0.6 is 0 Å². The minimum Gasteiger partial charge on any atom is -0.485 e. The Kier molecular flexibility index (Phi) is 5.68. The van der Waals surface area contributed by atoms with Crippen LogP contribution in [0, 0.1) is 0 Å². The second-order valence-electron chi connectivity index (χ2n) is 4.79. The molecule has 2 rings (SSSR count). The van der Waals surface area contributed by atoms with E-state index in [1.54, 1.807) is 6.07 Å². The maximum Gasteiger partial charge on any atom is 0.264 e. The number of rotatable bonds is 7. The number of carbonyl (C=O) groups excluding carboxylic acids is 1. The number of unbranched alkanes of at least 4 members (excludes halogenated alkanes) is 3. The second-order valence-corrected chi connectivity index (χ2v) is 4.79. The van der Waals surface area contributed by atoms with Crippen molar-refractivity contribution in [3.8, 4) is 11.5 Å². The fourth-order valence-corrected chi connectivity index (χ4v) is 2.06. The minimum atomic E-state index is -0.581. The zero-order valence-electron chi connectivity index (χ0n) is 11.5. The predicted octanol–water partition coefficient (Wildman–Crippen LogP) is 1.50. The van der Waals surface area contributed by atoms with Gasteiger partial charge in [-0.1, -0.05) is 25.0 Å². The number of hydrogen-bond acceptors (Lipinski definition) is 4. The summed E-state index contributed by atoms with van der Waals surface area (Å²) in [4.78, 5) is 11.9. The summed E-state index contributed by atoms with van der Waals surface area (Å²) in [5.41, 5.74) is 0. The largest absolute Gasteiger partial charge is 0.485 e. The number of aliphatic hydroxyl groups is 1. The van der Waals surface area contributed by atoms with E-state index in [1.165, 1.54) is 0 Å². The highest BCUT2D eigenvalue weighted by Crippen LogP contribution is 2.30. The summed E-state index contributed by atoms with van der Waals surface area (Å²) in [6.45, 7) is 1.11. The SMILES string of the molecule is O=C(NCCCCCCO)C1COc2ccccc2O1. The lowest BCUT2D eigenvalue weighted by Gasteiger charge is -2.25. The summed E-state index contributed by atoms with van der Waals surface area (Å²) in [6.07, 6.45) is 3.15. The van der Waals surface area contributed by atoms with Crippen LogP contribution in [-0.4, -0.2) is 36.9 Å². The maximum absolute atomic E-state index is 11.9. The van der Waals surface area contributed by atoms with Crippen molar-refractivity contribution in [1.29, 1.82) is 0 Å². The van der Waals surface area contributed by atoms with Gasteiger partial charge in [0.15, 0.2) is 11.5 Å². The van der Waals surface area contributed by atoms with Gasteiger partial charge in [0, 0.05) is 13.2 Å². The number of benzene rings is 1. The van der Waals surface area contributed by atoms with Crippen molar-refractivity contribution in [1.82, 2.24) is 5.32 Å². The van der Waals surface area contributed by atoms with Crippen LogP contribution in [0.5, 0.6) is 11.5 Å². The predicted molar refractivity (Wildman–Crippen MR) is 74.9 cm³/mol. The molecule has 1 aromatic rings. The molecular weight excluding hydrogens is 258 g/mol. The average molecular weight is 279 g/mol. The van der Waals surface area contributed by atoms with Crippen LogP contribution in [0.3, 0.4) is 0 Å². The van der Waals surface area contributed by atoms with Crippen molar-refractivity contribution in [3.05, 3.63) is 24.3 Å². The fraction of sp³-hybridized carbons (Fsp3) is 0.533. The molecule has 0 spiro atoms. The summed E-state index contributed by atoms with van der Waals surface area (Å²) in [5.74, 6) is 1.16. The Morgan fingerprint density at radius 2 is 1.95 bits per heavy atom. The Labute approximate surface area is 118 Å². The molecule has 0 aliphatic carbocycles. The first-order valence-electron chi connectivity index (χ1n) is 7.08. The molecule has 1 aliphatic heterocycles. The zero-order chi connectivity index (χ0) is 14.2. The van der Waals surface area contributed by atoms with Crippen LogP contribution in [0.4, 0.5) is 0 Å². The van der Waals surface area contributed by atoms with Gasteiger partial charge in [-0.05, 0) is 25.0 Å². The standard InChI is InChI=1S/C15H21NO4/c17-10-6-2-1-5-9-16-15(18)14-11-19-12-7-3-4-8-13(12)20-14/h3-4,7-8,14,17H,1-2,5-6,9-11H2,(H,16,18). The third-order valence-electron chi connectivity index (χ3n) is 3.19. The highest BCUT2D eigenvalue weighted by molar-refractivity contribution is 5.81. The minimum absolute atomic E-state index is 0.137. The molecule has 1 amide bonds. The maximum atomic E-state index is 11.9. The van der Waals surface area contributed by atoms with Crippen molar-refractivity contribution in [2.45, 2.75) is 31.8 Å². The van der Waals surface area contributed by atoms with Crippen LogP contribution in [0.15, 0.2) is 24.3 Å². The van der Waals surface area contributed by atoms with Gasteiger partial charge in [-0.15, -0.1) is 0 Å². The number of hydrogen-bond donors (Lipinski definition) is 2. The third-order valence-corrected chi connectivity index (χ3v) is 3.19. The van der Waals surface area contributed by atoms with Crippen LogP contribution in [0.25, 0.3) is 0 Å². The van der Waals surface area contributed by atoms with E-state index in [1.807, 2.05) is 18.2 Å². The van der Waals surface area contributed by atoms with E-state index in [0.717, 1.165) is 25.7 Å². The van der Waals surface area contributed by atoms with E-state index in [-0.39, 0.29) is 19.1 Å². The first-order chi connectivity index (χ1) is 9.81. The number of amides is 1. The quantitative estimate of drug-likeness (QED) is 0.742. The number of fused-ring (bicyclic) bond motifs is 1. The van der Waals surface area contributed by atoms with Crippen molar-refractivity contribution >= 4 is 5.91 Å². The Bertz CT molecular complexity index is 436. The molecule has 0 bridgehead atoms. The molecule has 5 heteroatoms. The second kappa shape index (κ2) is 7.75. The van der Waals surface area contributed by atoms with E-state index >= 15 is 0 Å². The first kappa shape index (κ1) is 14.7. The van der Waals surface area contributed by atoms with Gasteiger partial charge in [0.1, 0.15) is 6.61 Å². The molecule has 110 valence electrons. The summed E-state index contributed by atoms with van der Waals surface area (Å²) in [5, 5.41) is 11.5. The van der Waals surface area contributed by atoms with Crippen LogP contribution < -0.4 is 14.8 Å². The van der Waals surface area contributed by atoms with E-state index in [9.17, 15) is 4.79 Å². The molecule has 2 N–H and O–H groups in total. The molecule has 0 fully saturated rings. The summed E-state index contributed by atoms with van der Waals surface area (Å²) >= 11 is 0. The highest BCUT2D eigenvalue weighted by Gasteiger charge is 2.26. The molecule has 5 nitrogen and oxygen atoms in total. The number of para-hydroxylation sites is 2. The van der Waals surface area contributed by atoms with Crippen LogP contribution in [0.2, 0.25) is 0 Å². The molecule has 1 unspecified atom stereocenters. The summed E-state index contributed by atoms with van der Waals surface area (Å²) in [7, 11) is 0. The molecule has 20 heavy (non-hydrogen) atoms. The number of ether oxygens (including phenoxy) is 2. The third kappa shape index (κ3) is 4.13. The smallest absolute Gasteiger partial charge is 0.264 e. The Balaban J connectivity index is 1.69. The lowest BCUT2D eigenvalue weighted by Crippen LogP contribution is -2.44. The van der Waals surface area contributed by atoms with Gasteiger partial charge < -0.3 is 19.9 Å². The van der Waals surface area contributed by atoms with Crippen molar-refractivity contribution < 1.29 is 19.4 Å². The Morgan fingerprint density at radius 3 is 2.75 bits per heavy atom. The molecule has 1 heterocycles. The lowest BCUT2D eigenvalue weighted by atomic mass is 10.2. The topological polar surface area (TPSA) is 67.8 Å². The highest BCUT2D eigenvalue weighted by atomic mass is 16.6. The monoisotopic (exact) mass is 279 g/mol. The first-order valence-corrected chi connectivity index (χ1v) is 7.08. The van der Waals surface area contributed by atoms with Crippen molar-refractivity contribution in [2.75, 3.05) is 19.8 Å². The Hall–Kier alpha value is -1.75. The van der Waals surface area contributed by atoms with Crippen molar-refractivity contribution in [3.63, 3.8) is 0 Å². The molecule has 0 saturated heterocycles. The van der Waals surface area contributed by atoms with E-state index in [2.05, 4.69) is 5.32 Å². The number of aliphatic hydroxyl groups excluding tert-OH is 1. The zero-order valence-corrected chi connectivity index (χ0v) is 11.5. The van der Waals surface area contributed by atoms with E-state index in [0.29, 0.717) is 18.0 Å².